The number of thioether (sulfide) groups is 1. The lowest BCUT2D eigenvalue weighted by molar-refractivity contribution is -0.147. The number of nitrogens with zero attached hydrogens (tertiary/aromatic N) is 1. The molecule has 0 aromatic heterocycles. The number of benzene rings is 1. The molecule has 1 amide bonds. The van der Waals surface area contributed by atoms with Crippen molar-refractivity contribution in [2.24, 2.45) is 5.92 Å². The van der Waals surface area contributed by atoms with Crippen LogP contribution < -0.4 is 0 Å². The average molecular weight is 378 g/mol. The van der Waals surface area contributed by atoms with Crippen LogP contribution in [0.25, 0.3) is 6.08 Å². The quantitative estimate of drug-likeness (QED) is 0.584. The summed E-state index contributed by atoms with van der Waals surface area (Å²) in [4.78, 5) is 26.1. The second kappa shape index (κ2) is 8.15. The molecule has 1 heterocycles. The third-order valence-corrected chi connectivity index (χ3v) is 5.77. The van der Waals surface area contributed by atoms with Crippen LogP contribution in [0.5, 0.6) is 0 Å². The molecule has 1 aromatic rings. The minimum absolute atomic E-state index is 0.176. The van der Waals surface area contributed by atoms with E-state index in [1.54, 1.807) is 6.08 Å². The summed E-state index contributed by atoms with van der Waals surface area (Å²) in [5, 5.41) is 9.55. The fourth-order valence-corrected chi connectivity index (χ4v) is 4.01. The van der Waals surface area contributed by atoms with Crippen LogP contribution in [0, 0.1) is 5.92 Å². The number of carboxylic acids is 1. The molecule has 2 unspecified atom stereocenters. The lowest BCUT2D eigenvalue weighted by Crippen LogP contribution is -2.47. The average Bonchev–Trinajstić information content (AvgIpc) is 2.82. The number of carbonyl (C=O) groups excluding carboxylic acids is 1. The van der Waals surface area contributed by atoms with Crippen LogP contribution >= 0.6 is 24.0 Å². The summed E-state index contributed by atoms with van der Waals surface area (Å²) < 4.78 is 0.308. The maximum absolute atomic E-state index is 12.7. The predicted octanol–water partition coefficient (Wildman–Crippen LogP) is 4.51. The van der Waals surface area contributed by atoms with Gasteiger partial charge in [-0.05, 0) is 29.0 Å². The van der Waals surface area contributed by atoms with Crippen LogP contribution in [0.4, 0.5) is 0 Å². The highest BCUT2D eigenvalue weighted by Gasteiger charge is 2.42. The van der Waals surface area contributed by atoms with E-state index in [9.17, 15) is 14.7 Å². The van der Waals surface area contributed by atoms with Crippen molar-refractivity contribution in [1.82, 2.24) is 4.90 Å². The highest BCUT2D eigenvalue weighted by Crippen LogP contribution is 2.36. The first-order valence-electron chi connectivity index (χ1n) is 8.36. The van der Waals surface area contributed by atoms with Crippen molar-refractivity contribution >= 4 is 46.3 Å². The molecular weight excluding hydrogens is 354 g/mol. The third kappa shape index (κ3) is 4.30. The van der Waals surface area contributed by atoms with Gasteiger partial charge in [0.15, 0.2) is 0 Å². The topological polar surface area (TPSA) is 57.6 Å². The van der Waals surface area contributed by atoms with Gasteiger partial charge in [0.1, 0.15) is 10.4 Å². The maximum Gasteiger partial charge on any atom is 0.327 e. The fourth-order valence-electron chi connectivity index (χ4n) is 2.68. The standard InChI is InChI=1S/C19H23NO3S2/c1-5-12(4)16(18(22)23)20-17(21)15(25-19(20)24)10-13-6-8-14(9-7-13)11(2)3/h6-12,16H,5H2,1-4H3,(H,22,23)/b15-10-. The van der Waals surface area contributed by atoms with Crippen LogP contribution in [0.1, 0.15) is 51.2 Å². The number of rotatable bonds is 6. The molecule has 0 aliphatic carbocycles. The summed E-state index contributed by atoms with van der Waals surface area (Å²) in [5.41, 5.74) is 2.13. The van der Waals surface area contributed by atoms with Crippen molar-refractivity contribution in [2.45, 2.75) is 46.1 Å². The molecule has 2 rings (SSSR count). The van der Waals surface area contributed by atoms with Crippen LogP contribution in [0.15, 0.2) is 29.2 Å². The highest BCUT2D eigenvalue weighted by molar-refractivity contribution is 8.26. The zero-order chi connectivity index (χ0) is 18.7. The molecule has 0 saturated carbocycles. The molecule has 1 N–H and O–H groups in total. The second-order valence-corrected chi connectivity index (χ2v) is 8.22. The molecule has 1 aliphatic heterocycles. The SMILES string of the molecule is CCC(C)C(C(=O)O)N1C(=O)/C(=C/c2ccc(C(C)C)cc2)SC1=S. The Morgan fingerprint density at radius 2 is 1.88 bits per heavy atom. The summed E-state index contributed by atoms with van der Waals surface area (Å²) in [6.45, 7) is 7.98. The van der Waals surface area contributed by atoms with Crippen molar-refractivity contribution in [3.63, 3.8) is 0 Å². The van der Waals surface area contributed by atoms with Gasteiger partial charge in [0.05, 0.1) is 4.91 Å². The number of hydrogen-bond acceptors (Lipinski definition) is 4. The zero-order valence-corrected chi connectivity index (χ0v) is 16.5. The van der Waals surface area contributed by atoms with Crippen LogP contribution in [0.3, 0.4) is 0 Å². The van der Waals surface area contributed by atoms with Gasteiger partial charge in [-0.2, -0.15) is 0 Å². The lowest BCUT2D eigenvalue weighted by atomic mass is 9.98. The minimum Gasteiger partial charge on any atom is -0.480 e. The molecule has 25 heavy (non-hydrogen) atoms. The molecule has 0 spiro atoms. The van der Waals surface area contributed by atoms with Crippen LogP contribution in [-0.2, 0) is 9.59 Å². The monoisotopic (exact) mass is 377 g/mol. The van der Waals surface area contributed by atoms with Gasteiger partial charge >= 0.3 is 5.97 Å². The minimum atomic E-state index is -1.02. The van der Waals surface area contributed by atoms with E-state index in [1.807, 2.05) is 38.1 Å². The Hall–Kier alpha value is -1.66. The molecule has 6 heteroatoms. The lowest BCUT2D eigenvalue weighted by Gasteiger charge is -2.27. The van der Waals surface area contributed by atoms with Crippen LogP contribution in [-0.4, -0.2) is 32.2 Å². The molecule has 0 bridgehead atoms. The van der Waals surface area contributed by atoms with Crippen molar-refractivity contribution in [3.8, 4) is 0 Å². The number of aliphatic carboxylic acids is 1. The van der Waals surface area contributed by atoms with Gasteiger partial charge < -0.3 is 5.11 Å². The van der Waals surface area contributed by atoms with Crippen molar-refractivity contribution < 1.29 is 14.7 Å². The van der Waals surface area contributed by atoms with E-state index in [0.29, 0.717) is 21.6 Å². The van der Waals surface area contributed by atoms with E-state index in [0.717, 1.165) is 5.56 Å². The first-order valence-corrected chi connectivity index (χ1v) is 9.58. The molecule has 1 aromatic carbocycles. The summed E-state index contributed by atoms with van der Waals surface area (Å²) in [6.07, 6.45) is 2.43. The summed E-state index contributed by atoms with van der Waals surface area (Å²) in [6, 6.07) is 7.08. The molecule has 0 radical (unpaired) electrons. The predicted molar refractivity (Wildman–Crippen MR) is 106 cm³/mol. The zero-order valence-electron chi connectivity index (χ0n) is 14.9. The number of amides is 1. The number of carbonyl (C=O) groups is 2. The Kier molecular flexibility index (Phi) is 6.41. The van der Waals surface area contributed by atoms with Gasteiger partial charge in [-0.25, -0.2) is 4.79 Å². The number of hydrogen-bond donors (Lipinski definition) is 1. The number of carboxylic acid groups (broad SMARTS) is 1. The summed E-state index contributed by atoms with van der Waals surface area (Å²) in [5.74, 6) is -1.08. The summed E-state index contributed by atoms with van der Waals surface area (Å²) >= 11 is 6.46. The van der Waals surface area contributed by atoms with Gasteiger partial charge in [-0.15, -0.1) is 0 Å². The third-order valence-electron chi connectivity index (χ3n) is 4.44. The molecule has 4 nitrogen and oxygen atoms in total. The van der Waals surface area contributed by atoms with E-state index in [1.165, 1.54) is 22.2 Å². The molecule has 134 valence electrons. The first kappa shape index (κ1) is 19.7. The Morgan fingerprint density at radius 3 is 2.36 bits per heavy atom. The van der Waals surface area contributed by atoms with E-state index in [-0.39, 0.29) is 11.8 Å². The fraction of sp³-hybridized carbons (Fsp3) is 0.421. The molecular formula is C19H23NO3S2. The maximum atomic E-state index is 12.7. The molecule has 2 atom stereocenters. The van der Waals surface area contributed by atoms with Crippen molar-refractivity contribution in [1.29, 1.82) is 0 Å². The van der Waals surface area contributed by atoms with Gasteiger partial charge in [0, 0.05) is 0 Å². The normalized spacial score (nSPS) is 18.9. The Morgan fingerprint density at radius 1 is 1.28 bits per heavy atom. The molecule has 1 aliphatic rings. The van der Waals surface area contributed by atoms with E-state index in [4.69, 9.17) is 12.2 Å². The van der Waals surface area contributed by atoms with Crippen molar-refractivity contribution in [3.05, 3.63) is 40.3 Å². The Balaban J connectivity index is 2.29. The summed E-state index contributed by atoms with van der Waals surface area (Å²) in [7, 11) is 0. The van der Waals surface area contributed by atoms with Gasteiger partial charge in [-0.3, -0.25) is 9.69 Å². The second-order valence-electron chi connectivity index (χ2n) is 6.54. The van der Waals surface area contributed by atoms with E-state index < -0.39 is 12.0 Å². The van der Waals surface area contributed by atoms with Crippen molar-refractivity contribution in [2.75, 3.05) is 0 Å². The van der Waals surface area contributed by atoms with E-state index in [2.05, 4.69) is 13.8 Å². The van der Waals surface area contributed by atoms with Gasteiger partial charge in [0.25, 0.3) is 5.91 Å². The molecule has 1 fully saturated rings. The highest BCUT2D eigenvalue weighted by atomic mass is 32.2. The first-order chi connectivity index (χ1) is 11.8. The smallest absolute Gasteiger partial charge is 0.327 e. The largest absolute Gasteiger partial charge is 0.480 e. The Bertz CT molecular complexity index is 710. The van der Waals surface area contributed by atoms with E-state index >= 15 is 0 Å². The number of thiocarbonyl (C=S) groups is 1. The van der Waals surface area contributed by atoms with Gasteiger partial charge in [0.2, 0.25) is 0 Å². The Labute approximate surface area is 158 Å². The molecule has 1 saturated heterocycles. The van der Waals surface area contributed by atoms with Crippen LogP contribution in [0.2, 0.25) is 0 Å². The van der Waals surface area contributed by atoms with Gasteiger partial charge in [-0.1, -0.05) is 82.4 Å².